The summed E-state index contributed by atoms with van der Waals surface area (Å²) in [5.74, 6) is -0.114. The molecule has 0 fully saturated rings. The zero-order valence-electron chi connectivity index (χ0n) is 17.5. The first-order valence-electron chi connectivity index (χ1n) is 9.69. The van der Waals surface area contributed by atoms with Crippen molar-refractivity contribution in [3.63, 3.8) is 0 Å². The second-order valence-electron chi connectivity index (χ2n) is 7.12. The summed E-state index contributed by atoms with van der Waals surface area (Å²) in [7, 11) is 3.11. The molecule has 0 unspecified atom stereocenters. The van der Waals surface area contributed by atoms with E-state index in [0.717, 1.165) is 22.2 Å². The lowest BCUT2D eigenvalue weighted by atomic mass is 10.1. The van der Waals surface area contributed by atoms with E-state index in [9.17, 15) is 8.78 Å². The van der Waals surface area contributed by atoms with Crippen LogP contribution in [0.15, 0.2) is 60.2 Å². The largest absolute Gasteiger partial charge is 0.438 e. The lowest BCUT2D eigenvalue weighted by molar-refractivity contribution is 0.196. The molecule has 10 heteroatoms. The van der Waals surface area contributed by atoms with Gasteiger partial charge in [0.25, 0.3) is 5.90 Å². The van der Waals surface area contributed by atoms with Gasteiger partial charge in [0.2, 0.25) is 5.95 Å². The highest BCUT2D eigenvalue weighted by Gasteiger charge is 2.16. The summed E-state index contributed by atoms with van der Waals surface area (Å²) >= 11 is 0. The van der Waals surface area contributed by atoms with E-state index in [1.54, 1.807) is 16.8 Å². The Kier molecular flexibility index (Phi) is 5.67. The Labute approximate surface area is 182 Å². The standard InChI is InChI=1S/C22H21F2N7O/c1-13(32-21(26-2)20(23)24)15-6-4-14(5-7-15)11-31-12-18(28-29-31)16-8-9-19-17(10-16)27-22(25)30(19)3/h4-10,12,20H,1,11H2,2-3H3,(H2,25,27). The van der Waals surface area contributed by atoms with Crippen LogP contribution in [0.2, 0.25) is 0 Å². The highest BCUT2D eigenvalue weighted by atomic mass is 19.3. The number of anilines is 1. The second kappa shape index (κ2) is 8.58. The first kappa shape index (κ1) is 21.2. The van der Waals surface area contributed by atoms with Crippen molar-refractivity contribution in [2.45, 2.75) is 13.0 Å². The SMILES string of the molecule is C=C(OC(=NC)C(F)F)c1ccc(Cn2cc(-c3ccc4c(c3)nc(N)n4C)nn2)cc1. The molecule has 0 spiro atoms. The van der Waals surface area contributed by atoms with E-state index < -0.39 is 12.3 Å². The van der Waals surface area contributed by atoms with Crippen molar-refractivity contribution >= 4 is 28.6 Å². The van der Waals surface area contributed by atoms with Gasteiger partial charge in [0.1, 0.15) is 11.5 Å². The van der Waals surface area contributed by atoms with Gasteiger partial charge in [-0.15, -0.1) is 5.10 Å². The number of fused-ring (bicyclic) bond motifs is 1. The third kappa shape index (κ3) is 4.20. The summed E-state index contributed by atoms with van der Waals surface area (Å²) in [6.07, 6.45) is -0.955. The highest BCUT2D eigenvalue weighted by molar-refractivity contribution is 5.85. The quantitative estimate of drug-likeness (QED) is 0.282. The summed E-state index contributed by atoms with van der Waals surface area (Å²) in [6, 6.07) is 13.0. The smallest absolute Gasteiger partial charge is 0.312 e. The first-order valence-corrected chi connectivity index (χ1v) is 9.69. The molecule has 0 radical (unpaired) electrons. The summed E-state index contributed by atoms with van der Waals surface area (Å²) in [5.41, 5.74) is 10.7. The summed E-state index contributed by atoms with van der Waals surface area (Å²) < 4.78 is 34.2. The highest BCUT2D eigenvalue weighted by Crippen LogP contribution is 2.24. The number of ether oxygens (including phenoxy) is 1. The van der Waals surface area contributed by atoms with Gasteiger partial charge < -0.3 is 15.0 Å². The molecule has 32 heavy (non-hydrogen) atoms. The van der Waals surface area contributed by atoms with E-state index in [4.69, 9.17) is 10.5 Å². The Morgan fingerprint density at radius 2 is 1.97 bits per heavy atom. The molecule has 0 saturated heterocycles. The zero-order valence-corrected chi connectivity index (χ0v) is 17.5. The van der Waals surface area contributed by atoms with Crippen LogP contribution in [-0.4, -0.2) is 43.9 Å². The number of rotatable bonds is 6. The van der Waals surface area contributed by atoms with Crippen molar-refractivity contribution in [3.8, 4) is 11.3 Å². The normalized spacial score (nSPS) is 12.0. The van der Waals surface area contributed by atoms with Crippen molar-refractivity contribution in [3.05, 3.63) is 66.4 Å². The van der Waals surface area contributed by atoms with E-state index in [-0.39, 0.29) is 5.76 Å². The molecule has 0 amide bonds. The molecule has 0 atom stereocenters. The number of aryl methyl sites for hydroxylation is 1. The molecule has 8 nitrogen and oxygen atoms in total. The average molecular weight is 437 g/mol. The number of imidazole rings is 1. The van der Waals surface area contributed by atoms with Crippen molar-refractivity contribution in [2.24, 2.45) is 12.0 Å². The van der Waals surface area contributed by atoms with Crippen LogP contribution in [0.25, 0.3) is 28.0 Å². The van der Waals surface area contributed by atoms with Crippen LogP contribution >= 0.6 is 0 Å². The number of nitrogens with two attached hydrogens (primary N) is 1. The monoisotopic (exact) mass is 437 g/mol. The minimum Gasteiger partial charge on any atom is -0.438 e. The summed E-state index contributed by atoms with van der Waals surface area (Å²) in [4.78, 5) is 7.78. The Hall–Kier alpha value is -4.08. The molecule has 0 aliphatic heterocycles. The van der Waals surface area contributed by atoms with Gasteiger partial charge in [-0.3, -0.25) is 4.99 Å². The van der Waals surface area contributed by atoms with Crippen LogP contribution in [0.3, 0.4) is 0 Å². The van der Waals surface area contributed by atoms with Gasteiger partial charge in [0.05, 0.1) is 23.8 Å². The number of alkyl halides is 2. The molecule has 0 saturated carbocycles. The molecule has 2 aromatic carbocycles. The number of benzene rings is 2. The van der Waals surface area contributed by atoms with Crippen LogP contribution in [0.5, 0.6) is 0 Å². The fraction of sp³-hybridized carbons (Fsp3) is 0.182. The zero-order chi connectivity index (χ0) is 22.8. The predicted molar refractivity (Wildman–Crippen MR) is 119 cm³/mol. The lowest BCUT2D eigenvalue weighted by Gasteiger charge is -2.10. The number of hydrogen-bond donors (Lipinski definition) is 1. The van der Waals surface area contributed by atoms with Gasteiger partial charge in [-0.05, 0) is 17.7 Å². The van der Waals surface area contributed by atoms with Crippen molar-refractivity contribution in [1.82, 2.24) is 24.5 Å². The van der Waals surface area contributed by atoms with E-state index in [1.807, 2.05) is 48.1 Å². The number of nitrogen functional groups attached to an aromatic ring is 1. The number of halogens is 2. The first-order chi connectivity index (χ1) is 15.4. The van der Waals surface area contributed by atoms with Crippen LogP contribution in [0.4, 0.5) is 14.7 Å². The lowest BCUT2D eigenvalue weighted by Crippen LogP contribution is -2.13. The van der Waals surface area contributed by atoms with Crippen molar-refractivity contribution in [1.29, 1.82) is 0 Å². The van der Waals surface area contributed by atoms with E-state index in [1.165, 1.54) is 7.05 Å². The number of aromatic nitrogens is 5. The Bertz CT molecular complexity index is 1310. The molecule has 2 N–H and O–H groups in total. The minimum absolute atomic E-state index is 0.103. The van der Waals surface area contributed by atoms with E-state index in [2.05, 4.69) is 26.9 Å². The maximum atomic E-state index is 12.8. The van der Waals surface area contributed by atoms with Crippen LogP contribution in [-0.2, 0) is 18.3 Å². The minimum atomic E-state index is -2.80. The van der Waals surface area contributed by atoms with Gasteiger partial charge >= 0.3 is 6.43 Å². The van der Waals surface area contributed by atoms with Gasteiger partial charge in [-0.2, -0.15) is 8.78 Å². The Balaban J connectivity index is 1.46. The summed E-state index contributed by atoms with van der Waals surface area (Å²) in [5, 5.41) is 8.44. The molecule has 0 aliphatic rings. The molecule has 4 rings (SSSR count). The van der Waals surface area contributed by atoms with Gasteiger partial charge in [0, 0.05) is 25.2 Å². The number of aliphatic imine (C=N–C) groups is 1. The Morgan fingerprint density at radius 1 is 1.22 bits per heavy atom. The predicted octanol–water partition coefficient (Wildman–Crippen LogP) is 3.74. The third-order valence-corrected chi connectivity index (χ3v) is 5.01. The number of nitrogens with zero attached hydrogens (tertiary/aromatic N) is 6. The van der Waals surface area contributed by atoms with Gasteiger partial charge in [-0.1, -0.05) is 42.1 Å². The second-order valence-corrected chi connectivity index (χ2v) is 7.12. The van der Waals surface area contributed by atoms with Gasteiger partial charge in [0.15, 0.2) is 0 Å². The number of hydrogen-bond acceptors (Lipinski definition) is 6. The van der Waals surface area contributed by atoms with Crippen LogP contribution in [0.1, 0.15) is 11.1 Å². The molecule has 4 aromatic rings. The molecule has 0 bridgehead atoms. The van der Waals surface area contributed by atoms with Crippen molar-refractivity contribution in [2.75, 3.05) is 12.8 Å². The maximum Gasteiger partial charge on any atom is 0.312 e. The summed E-state index contributed by atoms with van der Waals surface area (Å²) in [6.45, 7) is 4.18. The fourth-order valence-corrected chi connectivity index (χ4v) is 3.24. The maximum absolute atomic E-state index is 12.8. The van der Waals surface area contributed by atoms with Crippen LogP contribution in [0, 0.1) is 0 Å². The topological polar surface area (TPSA) is 96.1 Å². The van der Waals surface area contributed by atoms with Gasteiger partial charge in [-0.25, -0.2) is 9.67 Å². The van der Waals surface area contributed by atoms with E-state index in [0.29, 0.717) is 23.8 Å². The molecule has 2 aromatic heterocycles. The molecule has 0 aliphatic carbocycles. The Morgan fingerprint density at radius 3 is 2.66 bits per heavy atom. The average Bonchev–Trinajstić information content (AvgIpc) is 3.36. The fourth-order valence-electron chi connectivity index (χ4n) is 3.24. The third-order valence-electron chi connectivity index (χ3n) is 5.01. The van der Waals surface area contributed by atoms with Crippen molar-refractivity contribution < 1.29 is 13.5 Å². The molecule has 2 heterocycles. The van der Waals surface area contributed by atoms with Crippen LogP contribution < -0.4 is 5.73 Å². The molecule has 164 valence electrons. The molecular formula is C22H21F2N7O. The van der Waals surface area contributed by atoms with E-state index >= 15 is 0 Å². The molecular weight excluding hydrogens is 416 g/mol.